The van der Waals surface area contributed by atoms with E-state index >= 15 is 0 Å². The lowest BCUT2D eigenvalue weighted by atomic mass is 10.0. The van der Waals surface area contributed by atoms with Gasteiger partial charge >= 0.3 is 0 Å². The topological polar surface area (TPSA) is 88.2 Å². The summed E-state index contributed by atoms with van der Waals surface area (Å²) in [5, 5.41) is 2.92. The molecular formula is C24H30FN3O5S. The minimum atomic E-state index is -4.06. The van der Waals surface area contributed by atoms with Gasteiger partial charge in [-0.25, -0.2) is 12.8 Å². The minimum absolute atomic E-state index is 0.0330. The van der Waals surface area contributed by atoms with Crippen LogP contribution in [0.2, 0.25) is 0 Å². The Morgan fingerprint density at radius 1 is 1.09 bits per heavy atom. The number of benzene rings is 2. The molecule has 2 aliphatic heterocycles. The van der Waals surface area contributed by atoms with Crippen molar-refractivity contribution >= 4 is 15.9 Å². The number of nitrogens with zero attached hydrogens (tertiary/aromatic N) is 2. The highest BCUT2D eigenvalue weighted by atomic mass is 32.2. The molecule has 10 heteroatoms. The summed E-state index contributed by atoms with van der Waals surface area (Å²) in [7, 11) is -2.45. The number of carbonyl (C=O) groups is 1. The molecule has 2 saturated heterocycles. The van der Waals surface area contributed by atoms with Gasteiger partial charge in [-0.2, -0.15) is 4.31 Å². The fourth-order valence-electron chi connectivity index (χ4n) is 4.40. The smallest absolute Gasteiger partial charge is 0.251 e. The van der Waals surface area contributed by atoms with E-state index in [0.29, 0.717) is 6.54 Å². The van der Waals surface area contributed by atoms with Crippen LogP contribution in [0.5, 0.6) is 5.75 Å². The molecule has 0 unspecified atom stereocenters. The minimum Gasteiger partial charge on any atom is -0.497 e. The van der Waals surface area contributed by atoms with Crippen LogP contribution in [0.25, 0.3) is 0 Å². The molecule has 184 valence electrons. The Morgan fingerprint density at radius 3 is 2.41 bits per heavy atom. The molecule has 1 amide bonds. The van der Waals surface area contributed by atoms with Crippen molar-refractivity contribution in [2.75, 3.05) is 53.0 Å². The number of amides is 1. The van der Waals surface area contributed by atoms with E-state index in [4.69, 9.17) is 9.47 Å². The lowest BCUT2D eigenvalue weighted by Crippen LogP contribution is -2.41. The van der Waals surface area contributed by atoms with Crippen LogP contribution >= 0.6 is 0 Å². The Balaban J connectivity index is 1.51. The van der Waals surface area contributed by atoms with Crippen LogP contribution in [0.3, 0.4) is 0 Å². The third-order valence-corrected chi connectivity index (χ3v) is 8.23. The molecular weight excluding hydrogens is 461 g/mol. The second kappa shape index (κ2) is 10.8. The van der Waals surface area contributed by atoms with Crippen molar-refractivity contribution in [2.24, 2.45) is 0 Å². The Hall–Kier alpha value is -2.53. The second-order valence-electron chi connectivity index (χ2n) is 8.40. The number of hydrogen-bond donors (Lipinski definition) is 1. The highest BCUT2D eigenvalue weighted by Crippen LogP contribution is 2.27. The van der Waals surface area contributed by atoms with E-state index in [9.17, 15) is 17.6 Å². The monoisotopic (exact) mass is 491 g/mol. The average Bonchev–Trinajstić information content (AvgIpc) is 3.40. The molecule has 2 aromatic rings. The van der Waals surface area contributed by atoms with E-state index in [1.54, 1.807) is 7.11 Å². The van der Waals surface area contributed by atoms with Gasteiger partial charge in [0.1, 0.15) is 16.5 Å². The van der Waals surface area contributed by atoms with E-state index in [1.807, 2.05) is 24.3 Å². The number of nitrogens with one attached hydrogen (secondary N) is 1. The number of sulfonamides is 1. The lowest BCUT2D eigenvalue weighted by Gasteiger charge is -2.28. The van der Waals surface area contributed by atoms with Crippen molar-refractivity contribution in [1.29, 1.82) is 0 Å². The molecule has 1 atom stereocenters. The van der Waals surface area contributed by atoms with Crippen molar-refractivity contribution < 1.29 is 27.1 Å². The summed E-state index contributed by atoms with van der Waals surface area (Å²) in [5.74, 6) is -0.569. The maximum Gasteiger partial charge on any atom is 0.251 e. The number of ether oxygens (including phenoxy) is 2. The van der Waals surface area contributed by atoms with Crippen LogP contribution in [0, 0.1) is 5.82 Å². The quantitative estimate of drug-likeness (QED) is 0.610. The number of hydrogen-bond acceptors (Lipinski definition) is 6. The molecule has 34 heavy (non-hydrogen) atoms. The molecule has 0 saturated carbocycles. The number of rotatable bonds is 8. The first-order chi connectivity index (χ1) is 16.4. The van der Waals surface area contributed by atoms with Crippen LogP contribution in [0.15, 0.2) is 47.4 Å². The third-order valence-electron chi connectivity index (χ3n) is 6.32. The van der Waals surface area contributed by atoms with Gasteiger partial charge in [0.15, 0.2) is 0 Å². The Bertz CT molecular complexity index is 1100. The maximum atomic E-state index is 14.5. The SMILES string of the molecule is COc1ccc([C@H](CNC(=O)c2ccc(F)c(S(=O)(=O)N3CCOCC3)c2)N2CCCC2)cc1. The van der Waals surface area contributed by atoms with Gasteiger partial charge in [0.25, 0.3) is 5.91 Å². The highest BCUT2D eigenvalue weighted by molar-refractivity contribution is 7.89. The molecule has 4 rings (SSSR count). The van der Waals surface area contributed by atoms with Crippen LogP contribution in [-0.2, 0) is 14.8 Å². The molecule has 2 heterocycles. The summed E-state index contributed by atoms with van der Waals surface area (Å²) in [6.45, 7) is 3.02. The van der Waals surface area contributed by atoms with E-state index in [2.05, 4.69) is 10.2 Å². The number of likely N-dealkylation sites (tertiary alicyclic amines) is 1. The van der Waals surface area contributed by atoms with Gasteiger partial charge in [0.2, 0.25) is 10.0 Å². The molecule has 2 aliphatic rings. The van der Waals surface area contributed by atoms with Crippen molar-refractivity contribution in [3.05, 3.63) is 59.4 Å². The van der Waals surface area contributed by atoms with Gasteiger partial charge in [-0.3, -0.25) is 9.69 Å². The van der Waals surface area contributed by atoms with Gasteiger partial charge < -0.3 is 14.8 Å². The van der Waals surface area contributed by atoms with Crippen LogP contribution < -0.4 is 10.1 Å². The van der Waals surface area contributed by atoms with Crippen LogP contribution in [-0.4, -0.2) is 76.6 Å². The second-order valence-corrected chi connectivity index (χ2v) is 10.3. The van der Waals surface area contributed by atoms with Crippen LogP contribution in [0.1, 0.15) is 34.8 Å². The Kier molecular flexibility index (Phi) is 7.82. The number of carbonyl (C=O) groups excluding carboxylic acids is 1. The zero-order valence-electron chi connectivity index (χ0n) is 19.2. The molecule has 0 radical (unpaired) electrons. The molecule has 0 spiro atoms. The fraction of sp³-hybridized carbons (Fsp3) is 0.458. The summed E-state index contributed by atoms with van der Waals surface area (Å²) in [6, 6.07) is 11.2. The van der Waals surface area contributed by atoms with E-state index in [0.717, 1.165) is 49.4 Å². The summed E-state index contributed by atoms with van der Waals surface area (Å²) < 4.78 is 52.0. The van der Waals surface area contributed by atoms with Gasteiger partial charge in [-0.1, -0.05) is 12.1 Å². The number of methoxy groups -OCH3 is 1. The largest absolute Gasteiger partial charge is 0.497 e. The predicted octanol–water partition coefficient (Wildman–Crippen LogP) is 2.42. The average molecular weight is 492 g/mol. The Labute approximate surface area is 199 Å². The fourth-order valence-corrected chi connectivity index (χ4v) is 5.90. The van der Waals surface area contributed by atoms with E-state index in [-0.39, 0.29) is 37.9 Å². The van der Waals surface area contributed by atoms with Crippen molar-refractivity contribution in [1.82, 2.24) is 14.5 Å². The Morgan fingerprint density at radius 2 is 1.76 bits per heavy atom. The third kappa shape index (κ3) is 5.41. The molecule has 0 aliphatic carbocycles. The van der Waals surface area contributed by atoms with Crippen molar-refractivity contribution in [3.63, 3.8) is 0 Å². The summed E-state index contributed by atoms with van der Waals surface area (Å²) in [5.41, 5.74) is 1.15. The van der Waals surface area contributed by atoms with Gasteiger partial charge in [-0.05, 0) is 61.8 Å². The maximum absolute atomic E-state index is 14.5. The first-order valence-corrected chi connectivity index (χ1v) is 12.9. The normalized spacial score (nSPS) is 18.5. The summed E-state index contributed by atoms with van der Waals surface area (Å²) >= 11 is 0. The van der Waals surface area contributed by atoms with Gasteiger partial charge in [0.05, 0.1) is 26.4 Å². The van der Waals surface area contributed by atoms with Crippen LogP contribution in [0.4, 0.5) is 4.39 Å². The van der Waals surface area contributed by atoms with Crippen molar-refractivity contribution in [2.45, 2.75) is 23.8 Å². The predicted molar refractivity (Wildman–Crippen MR) is 125 cm³/mol. The molecule has 2 fully saturated rings. The lowest BCUT2D eigenvalue weighted by molar-refractivity contribution is 0.0729. The zero-order valence-corrected chi connectivity index (χ0v) is 20.0. The van der Waals surface area contributed by atoms with Crippen molar-refractivity contribution in [3.8, 4) is 5.75 Å². The standard InChI is InChI=1S/C24H30FN3O5S/c1-32-20-7-4-18(5-8-20)22(27-10-2-3-11-27)17-26-24(29)19-6-9-21(25)23(16-19)34(30,31)28-12-14-33-15-13-28/h4-9,16,22H,2-3,10-15,17H2,1H3,(H,26,29)/t22-/m0/s1. The number of morpholine rings is 1. The highest BCUT2D eigenvalue weighted by Gasteiger charge is 2.30. The summed E-state index contributed by atoms with van der Waals surface area (Å²) in [4.78, 5) is 14.8. The van der Waals surface area contributed by atoms with Gasteiger partial charge in [-0.15, -0.1) is 0 Å². The number of halogens is 1. The van der Waals surface area contributed by atoms with E-state index in [1.165, 1.54) is 10.4 Å². The molecule has 0 aromatic heterocycles. The summed E-state index contributed by atoms with van der Waals surface area (Å²) in [6.07, 6.45) is 2.20. The molecule has 2 aromatic carbocycles. The zero-order chi connectivity index (χ0) is 24.1. The molecule has 8 nitrogen and oxygen atoms in total. The molecule has 1 N–H and O–H groups in total. The van der Waals surface area contributed by atoms with E-state index < -0.39 is 26.6 Å². The first kappa shape index (κ1) is 24.6. The van der Waals surface area contributed by atoms with Gasteiger partial charge in [0, 0.05) is 25.2 Å². The molecule has 0 bridgehead atoms. The first-order valence-electron chi connectivity index (χ1n) is 11.4.